The second kappa shape index (κ2) is 6.28. The summed E-state index contributed by atoms with van der Waals surface area (Å²) in [6.45, 7) is 0.543. The highest BCUT2D eigenvalue weighted by Gasteiger charge is 2.72. The molecule has 17 nitrogen and oxygen atoms in total. The molecule has 17 heteroatoms. The summed E-state index contributed by atoms with van der Waals surface area (Å²) in [7, 11) is 0. The Bertz CT molecular complexity index is 482. The summed E-state index contributed by atoms with van der Waals surface area (Å²) in [5.41, 5.74) is -7.00. The zero-order valence-electron chi connectivity index (χ0n) is 10.8. The average Bonchev–Trinajstić information content (AvgIpc) is 2.55. The van der Waals surface area contributed by atoms with E-state index in [4.69, 9.17) is 0 Å². The SMILES string of the molecule is CC(C(=O)C(C)(/[N+]([O-])=N/[O-])/[N+]([O-])=N/[O-])(/[N+]([O-])=N/[O-])/[N+]([O-])=N/[O-]. The lowest BCUT2D eigenvalue weighted by molar-refractivity contribution is -0.835. The third-order valence-electron chi connectivity index (χ3n) is 2.65. The maximum absolute atomic E-state index is 12.1. The molecule has 0 unspecified atom stereocenters. The molecule has 0 aromatic carbocycles. The van der Waals surface area contributed by atoms with Gasteiger partial charge in [-0.25, -0.2) is 0 Å². The largest absolute Gasteiger partial charge is 0.739 e. The number of nitrogens with zero attached hydrogens (tertiary/aromatic N) is 8. The van der Waals surface area contributed by atoms with Gasteiger partial charge >= 0.3 is 17.1 Å². The van der Waals surface area contributed by atoms with Crippen LogP contribution in [0.15, 0.2) is 21.1 Å². The van der Waals surface area contributed by atoms with Crippen molar-refractivity contribution in [2.24, 2.45) is 21.1 Å². The highest BCUT2D eigenvalue weighted by Crippen LogP contribution is 2.25. The van der Waals surface area contributed by atoms with Crippen LogP contribution in [0.2, 0.25) is 0 Å². The highest BCUT2D eigenvalue weighted by molar-refractivity contribution is 5.90. The first-order valence-electron chi connectivity index (χ1n) is 4.86. The van der Waals surface area contributed by atoms with Crippen LogP contribution in [-0.4, -0.2) is 36.6 Å². The van der Waals surface area contributed by atoms with E-state index in [1.165, 1.54) is 0 Å². The molecule has 0 saturated heterocycles. The number of hydrogen-bond donors (Lipinski definition) is 0. The molecule has 0 radical (unpaired) electrons. The molecule has 0 amide bonds. The van der Waals surface area contributed by atoms with Gasteiger partial charge < -0.3 is 41.7 Å². The topological polar surface area (TPSA) is 263 Å². The minimum atomic E-state index is -3.50. The second-order valence-electron chi connectivity index (χ2n) is 3.79. The summed E-state index contributed by atoms with van der Waals surface area (Å²) in [5.74, 6) is -2.20. The summed E-state index contributed by atoms with van der Waals surface area (Å²) in [6, 6.07) is 0. The summed E-state index contributed by atoms with van der Waals surface area (Å²) >= 11 is 0. The maximum atomic E-state index is 12.1. The maximum Gasteiger partial charge on any atom is 0.488 e. The van der Waals surface area contributed by atoms with Crippen LogP contribution in [0.25, 0.3) is 0 Å². The number of Topliss-reactive ketones (excluding diaryl/α,β-unsaturated/α-hetero) is 1. The van der Waals surface area contributed by atoms with Crippen molar-refractivity contribution in [3.8, 4) is 0 Å². The van der Waals surface area contributed by atoms with Gasteiger partial charge in [0.2, 0.25) is 0 Å². The van der Waals surface area contributed by atoms with E-state index < -0.39 is 36.6 Å². The Morgan fingerprint density at radius 3 is 1.00 bits per heavy atom. The van der Waals surface area contributed by atoms with Crippen molar-refractivity contribution < 1.29 is 24.2 Å². The van der Waals surface area contributed by atoms with Gasteiger partial charge in [0.1, 0.15) is 0 Å². The van der Waals surface area contributed by atoms with Crippen molar-refractivity contribution in [3.63, 3.8) is 0 Å². The van der Waals surface area contributed by atoms with Gasteiger partial charge in [0, 0.05) is 0 Å². The van der Waals surface area contributed by atoms with Crippen LogP contribution >= 0.6 is 0 Å². The lowest BCUT2D eigenvalue weighted by Gasteiger charge is -2.26. The second-order valence-corrected chi connectivity index (χ2v) is 3.79. The van der Waals surface area contributed by atoms with Crippen LogP contribution < -0.4 is 0 Å². The smallest absolute Gasteiger partial charge is 0.488 e. The Kier molecular flexibility index (Phi) is 5.27. The van der Waals surface area contributed by atoms with E-state index in [-0.39, 0.29) is 13.8 Å². The van der Waals surface area contributed by atoms with Crippen molar-refractivity contribution in [2.45, 2.75) is 25.2 Å². The zero-order valence-corrected chi connectivity index (χ0v) is 10.8. The molecule has 0 atom stereocenters. The lowest BCUT2D eigenvalue weighted by Crippen LogP contribution is -2.64. The normalized spacial score (nSPS) is 15.7. The zero-order chi connectivity index (χ0) is 17.7. The Hall–Kier alpha value is -3.53. The van der Waals surface area contributed by atoms with E-state index in [9.17, 15) is 46.5 Å². The van der Waals surface area contributed by atoms with Crippen molar-refractivity contribution in [1.82, 2.24) is 0 Å². The van der Waals surface area contributed by atoms with Crippen LogP contribution in [0.1, 0.15) is 13.8 Å². The third kappa shape index (κ3) is 2.41. The molecule has 0 aliphatic carbocycles. The third-order valence-corrected chi connectivity index (χ3v) is 2.65. The number of hydroxylamine groups is 4. The van der Waals surface area contributed by atoms with E-state index in [1.807, 2.05) is 0 Å². The molecule has 0 spiro atoms. The Morgan fingerprint density at radius 1 is 0.682 bits per heavy atom. The van der Waals surface area contributed by atoms with E-state index in [0.29, 0.717) is 0 Å². The van der Waals surface area contributed by atoms with Gasteiger partial charge in [0.05, 0.1) is 13.8 Å². The molecule has 0 fully saturated rings. The molecule has 0 saturated carbocycles. The predicted molar refractivity (Wildman–Crippen MR) is 59.5 cm³/mol. The first kappa shape index (κ1) is 18.5. The van der Waals surface area contributed by atoms with Gasteiger partial charge in [0.15, 0.2) is 0 Å². The van der Waals surface area contributed by atoms with Crippen LogP contribution in [-0.2, 0) is 4.79 Å². The fourth-order valence-electron chi connectivity index (χ4n) is 1.26. The van der Waals surface area contributed by atoms with Gasteiger partial charge in [-0.2, -0.15) is 0 Å². The van der Waals surface area contributed by atoms with Crippen molar-refractivity contribution in [2.75, 3.05) is 0 Å². The fourth-order valence-corrected chi connectivity index (χ4v) is 1.26. The molecule has 0 rings (SSSR count). The minimum Gasteiger partial charge on any atom is -0.739 e. The van der Waals surface area contributed by atoms with Crippen molar-refractivity contribution in [1.29, 1.82) is 0 Å². The monoisotopic (exact) mass is 322 g/mol. The Morgan fingerprint density at radius 2 is 0.864 bits per heavy atom. The Labute approximate surface area is 119 Å². The number of hydrogen-bond acceptors (Lipinski definition) is 13. The van der Waals surface area contributed by atoms with Crippen molar-refractivity contribution in [3.05, 3.63) is 41.7 Å². The molecule has 124 valence electrons. The Balaban J connectivity index is 6.58. The minimum absolute atomic E-state index is 0.271. The first-order chi connectivity index (χ1) is 10.1. The predicted octanol–water partition coefficient (Wildman–Crippen LogP) is -0.171. The molecule has 22 heavy (non-hydrogen) atoms. The molecule has 0 aliphatic rings. The van der Waals surface area contributed by atoms with E-state index >= 15 is 0 Å². The van der Waals surface area contributed by atoms with E-state index in [2.05, 4.69) is 0 Å². The number of carbonyl (C=O) groups is 1. The summed E-state index contributed by atoms with van der Waals surface area (Å²) in [4.78, 5) is 7.29. The molecule has 0 aromatic rings. The van der Waals surface area contributed by atoms with Crippen LogP contribution in [0, 0.1) is 41.7 Å². The van der Waals surface area contributed by atoms with Gasteiger partial charge in [-0.05, 0) is 40.6 Å². The van der Waals surface area contributed by atoms with Crippen molar-refractivity contribution >= 4 is 5.78 Å². The molecule has 0 N–H and O–H groups in total. The van der Waals surface area contributed by atoms with Gasteiger partial charge in [-0.3, -0.25) is 4.79 Å². The molecule has 0 aliphatic heterocycles. The molecule has 0 bridgehead atoms. The highest BCUT2D eigenvalue weighted by atomic mass is 16.6. The molecular weight excluding hydrogens is 316 g/mol. The molecular formula is C5H6N8O9-4. The van der Waals surface area contributed by atoms with E-state index in [0.717, 1.165) is 0 Å². The number of ketones is 1. The standard InChI is InChI=1S/C5H10N8O9/c1-4(10(19)6-15,11(20)7-16)3(14)5(2,12(21)8-17)13(22)9-18/h15-18H,1-2H3/p-4/b10-6-,11-7-,12-8-,13-9-. The number of carbonyl (C=O) groups excluding carboxylic acids is 1. The summed E-state index contributed by atoms with van der Waals surface area (Å²) in [5, 5.41) is 92.5. The summed E-state index contributed by atoms with van der Waals surface area (Å²) in [6.07, 6.45) is 0. The van der Waals surface area contributed by atoms with Gasteiger partial charge in [0.25, 0.3) is 0 Å². The average molecular weight is 322 g/mol. The van der Waals surface area contributed by atoms with Crippen LogP contribution in [0.5, 0.6) is 0 Å². The molecule has 0 aromatic heterocycles. The summed E-state index contributed by atoms with van der Waals surface area (Å²) < 4.78 is 0. The quantitative estimate of drug-likeness (QED) is 0.271. The van der Waals surface area contributed by atoms with Crippen LogP contribution in [0.3, 0.4) is 0 Å². The fraction of sp³-hybridized carbons (Fsp3) is 0.800. The first-order valence-corrected chi connectivity index (χ1v) is 4.86. The van der Waals surface area contributed by atoms with Crippen LogP contribution in [0.4, 0.5) is 0 Å². The molecule has 0 heterocycles. The van der Waals surface area contributed by atoms with Gasteiger partial charge in [-0.15, -0.1) is 0 Å². The lowest BCUT2D eigenvalue weighted by atomic mass is 9.97. The van der Waals surface area contributed by atoms with Gasteiger partial charge in [-0.1, -0.05) is 0 Å². The number of rotatable bonds is 6. The van der Waals surface area contributed by atoms with E-state index in [1.54, 1.807) is 21.1 Å².